The van der Waals surface area contributed by atoms with Crippen LogP contribution >= 0.6 is 0 Å². The van der Waals surface area contributed by atoms with Crippen molar-refractivity contribution in [1.29, 1.82) is 0 Å². The zero-order chi connectivity index (χ0) is 18.5. The fourth-order valence-electron chi connectivity index (χ4n) is 3.14. The maximum absolute atomic E-state index is 12.5. The number of methoxy groups -OCH3 is 2. The molecule has 0 saturated carbocycles. The molecule has 1 aliphatic rings. The zero-order valence-corrected chi connectivity index (χ0v) is 15.1. The standard InChI is InChI=1S/C20H22N2O4/c1-14-10-15-6-4-5-7-18(15)22(14)20(23)13-26-21-12-16-11-17(24-2)8-9-19(16)25-3/h4-9,11-12,14H,10,13H2,1-3H3/b21-12-/t14-/m0/s1. The first-order valence-electron chi connectivity index (χ1n) is 8.41. The second kappa shape index (κ2) is 7.91. The van der Waals surface area contributed by atoms with E-state index in [1.165, 1.54) is 11.8 Å². The minimum absolute atomic E-state index is 0.114. The summed E-state index contributed by atoms with van der Waals surface area (Å²) >= 11 is 0. The van der Waals surface area contributed by atoms with E-state index in [0.29, 0.717) is 17.1 Å². The van der Waals surface area contributed by atoms with Crippen LogP contribution in [0.25, 0.3) is 0 Å². The molecule has 6 nitrogen and oxygen atoms in total. The van der Waals surface area contributed by atoms with E-state index in [-0.39, 0.29) is 18.6 Å². The largest absolute Gasteiger partial charge is 0.497 e. The third-order valence-electron chi connectivity index (χ3n) is 4.37. The van der Waals surface area contributed by atoms with Crippen LogP contribution in [-0.2, 0) is 16.1 Å². The van der Waals surface area contributed by atoms with Crippen molar-refractivity contribution in [3.05, 3.63) is 53.6 Å². The topological polar surface area (TPSA) is 60.4 Å². The fourth-order valence-corrected chi connectivity index (χ4v) is 3.14. The number of amides is 1. The van der Waals surface area contributed by atoms with Gasteiger partial charge in [0.05, 0.1) is 20.4 Å². The van der Waals surface area contributed by atoms with E-state index in [1.807, 2.05) is 31.2 Å². The van der Waals surface area contributed by atoms with Crippen LogP contribution in [-0.4, -0.2) is 39.0 Å². The highest BCUT2D eigenvalue weighted by Gasteiger charge is 2.30. The minimum atomic E-state index is -0.124. The maximum Gasteiger partial charge on any atom is 0.268 e. The molecule has 0 aliphatic carbocycles. The Bertz CT molecular complexity index is 819. The summed E-state index contributed by atoms with van der Waals surface area (Å²) in [4.78, 5) is 19.5. The number of fused-ring (bicyclic) bond motifs is 1. The number of hydrogen-bond acceptors (Lipinski definition) is 5. The van der Waals surface area contributed by atoms with Crippen LogP contribution in [0.4, 0.5) is 5.69 Å². The highest BCUT2D eigenvalue weighted by atomic mass is 16.6. The first-order chi connectivity index (χ1) is 12.6. The summed E-state index contributed by atoms with van der Waals surface area (Å²) in [7, 11) is 3.17. The number of hydrogen-bond donors (Lipinski definition) is 0. The van der Waals surface area contributed by atoms with Gasteiger partial charge in [-0.15, -0.1) is 0 Å². The minimum Gasteiger partial charge on any atom is -0.497 e. The summed E-state index contributed by atoms with van der Waals surface area (Å²) in [6, 6.07) is 13.4. The molecule has 1 aliphatic heterocycles. The van der Waals surface area contributed by atoms with Crippen LogP contribution in [0.3, 0.4) is 0 Å². The van der Waals surface area contributed by atoms with Crippen LogP contribution < -0.4 is 14.4 Å². The van der Waals surface area contributed by atoms with Gasteiger partial charge >= 0.3 is 0 Å². The molecular weight excluding hydrogens is 332 g/mol. The Morgan fingerprint density at radius 1 is 1.23 bits per heavy atom. The van der Waals surface area contributed by atoms with E-state index in [4.69, 9.17) is 14.3 Å². The quantitative estimate of drug-likeness (QED) is 0.591. The normalized spacial score (nSPS) is 15.8. The lowest BCUT2D eigenvalue weighted by molar-refractivity contribution is -0.123. The molecule has 2 aromatic carbocycles. The van der Waals surface area contributed by atoms with Gasteiger partial charge in [0, 0.05) is 17.3 Å². The van der Waals surface area contributed by atoms with Gasteiger partial charge in [0.1, 0.15) is 11.5 Å². The predicted octanol–water partition coefficient (Wildman–Crippen LogP) is 3.03. The van der Waals surface area contributed by atoms with Crippen LogP contribution in [0.5, 0.6) is 11.5 Å². The van der Waals surface area contributed by atoms with Gasteiger partial charge < -0.3 is 19.2 Å². The highest BCUT2D eigenvalue weighted by Crippen LogP contribution is 2.31. The lowest BCUT2D eigenvalue weighted by Crippen LogP contribution is -2.37. The summed E-state index contributed by atoms with van der Waals surface area (Å²) < 4.78 is 10.5. The number of benzene rings is 2. The van der Waals surface area contributed by atoms with E-state index in [1.54, 1.807) is 37.3 Å². The monoisotopic (exact) mass is 354 g/mol. The van der Waals surface area contributed by atoms with Gasteiger partial charge in [0.2, 0.25) is 0 Å². The van der Waals surface area contributed by atoms with Crippen molar-refractivity contribution >= 4 is 17.8 Å². The summed E-state index contributed by atoms with van der Waals surface area (Å²) in [5.74, 6) is 1.22. The average molecular weight is 354 g/mol. The van der Waals surface area contributed by atoms with E-state index in [0.717, 1.165) is 12.1 Å². The molecule has 0 N–H and O–H groups in total. The van der Waals surface area contributed by atoms with Gasteiger partial charge in [-0.3, -0.25) is 4.79 Å². The number of rotatable bonds is 6. The Kier molecular flexibility index (Phi) is 5.41. The summed E-state index contributed by atoms with van der Waals surface area (Å²) in [6.07, 6.45) is 2.36. The molecule has 6 heteroatoms. The van der Waals surface area contributed by atoms with Gasteiger partial charge in [-0.25, -0.2) is 0 Å². The average Bonchev–Trinajstić information content (AvgIpc) is 3.00. The van der Waals surface area contributed by atoms with Crippen LogP contribution in [0, 0.1) is 0 Å². The Labute approximate surface area is 153 Å². The fraction of sp³-hybridized carbons (Fsp3) is 0.300. The van der Waals surface area contributed by atoms with Crippen molar-refractivity contribution in [1.82, 2.24) is 0 Å². The molecule has 3 rings (SSSR count). The molecule has 0 aromatic heterocycles. The molecule has 2 aromatic rings. The number of ether oxygens (including phenoxy) is 2. The van der Waals surface area contributed by atoms with Gasteiger partial charge in [-0.1, -0.05) is 23.4 Å². The lowest BCUT2D eigenvalue weighted by atomic mass is 10.1. The van der Waals surface area contributed by atoms with Gasteiger partial charge in [-0.2, -0.15) is 0 Å². The molecule has 0 radical (unpaired) electrons. The Morgan fingerprint density at radius 2 is 2.04 bits per heavy atom. The van der Waals surface area contributed by atoms with Gasteiger partial charge in [0.15, 0.2) is 6.61 Å². The van der Waals surface area contributed by atoms with Crippen molar-refractivity contribution in [3.63, 3.8) is 0 Å². The first-order valence-corrected chi connectivity index (χ1v) is 8.41. The summed E-state index contributed by atoms with van der Waals surface area (Å²) in [6.45, 7) is 1.91. The second-order valence-electron chi connectivity index (χ2n) is 6.06. The smallest absolute Gasteiger partial charge is 0.268 e. The van der Waals surface area contributed by atoms with Crippen LogP contribution in [0.2, 0.25) is 0 Å². The van der Waals surface area contributed by atoms with Crippen LogP contribution in [0.1, 0.15) is 18.1 Å². The van der Waals surface area contributed by atoms with Crippen molar-refractivity contribution in [3.8, 4) is 11.5 Å². The predicted molar refractivity (Wildman–Crippen MR) is 100 cm³/mol. The number of anilines is 1. The number of nitrogens with zero attached hydrogens (tertiary/aromatic N) is 2. The molecule has 1 atom stereocenters. The van der Waals surface area contributed by atoms with Crippen LogP contribution in [0.15, 0.2) is 47.6 Å². The Hall–Kier alpha value is -3.02. The Balaban J connectivity index is 1.63. The van der Waals surface area contributed by atoms with Crippen molar-refractivity contribution in [2.24, 2.45) is 5.16 Å². The second-order valence-corrected chi connectivity index (χ2v) is 6.06. The molecule has 26 heavy (non-hydrogen) atoms. The van der Waals surface area contributed by atoms with E-state index < -0.39 is 0 Å². The number of carbonyl (C=O) groups is 1. The third-order valence-corrected chi connectivity index (χ3v) is 4.37. The first kappa shape index (κ1) is 17.8. The van der Waals surface area contributed by atoms with Crippen molar-refractivity contribution in [2.45, 2.75) is 19.4 Å². The summed E-state index contributed by atoms with van der Waals surface area (Å²) in [5, 5.41) is 3.91. The molecule has 0 spiro atoms. The highest BCUT2D eigenvalue weighted by molar-refractivity contribution is 5.97. The molecule has 1 heterocycles. The maximum atomic E-state index is 12.5. The Morgan fingerprint density at radius 3 is 2.81 bits per heavy atom. The van der Waals surface area contributed by atoms with Crippen molar-refractivity contribution in [2.75, 3.05) is 25.7 Å². The van der Waals surface area contributed by atoms with Gasteiger partial charge in [0.25, 0.3) is 5.91 Å². The number of para-hydroxylation sites is 1. The molecule has 136 valence electrons. The van der Waals surface area contributed by atoms with Gasteiger partial charge in [-0.05, 0) is 43.2 Å². The lowest BCUT2D eigenvalue weighted by Gasteiger charge is -2.21. The number of oxime groups is 1. The number of carbonyl (C=O) groups excluding carboxylic acids is 1. The molecule has 1 amide bonds. The zero-order valence-electron chi connectivity index (χ0n) is 15.1. The SMILES string of the molecule is COc1ccc(OC)c(/C=N\OCC(=O)N2c3ccccc3C[C@@H]2C)c1. The molecular formula is C20H22N2O4. The molecule has 0 fully saturated rings. The molecule has 0 saturated heterocycles. The van der Waals surface area contributed by atoms with Crippen molar-refractivity contribution < 1.29 is 19.1 Å². The van der Waals surface area contributed by atoms with E-state index >= 15 is 0 Å². The van der Waals surface area contributed by atoms with E-state index in [2.05, 4.69) is 5.16 Å². The third kappa shape index (κ3) is 3.64. The molecule has 0 bridgehead atoms. The van der Waals surface area contributed by atoms with E-state index in [9.17, 15) is 4.79 Å². The molecule has 0 unspecified atom stereocenters. The summed E-state index contributed by atoms with van der Waals surface area (Å²) in [5.41, 5.74) is 2.84.